The van der Waals surface area contributed by atoms with E-state index in [4.69, 9.17) is 4.74 Å². The van der Waals surface area contributed by atoms with E-state index in [2.05, 4.69) is 0 Å². The lowest BCUT2D eigenvalue weighted by molar-refractivity contribution is -0.126. The van der Waals surface area contributed by atoms with Crippen LogP contribution < -0.4 is 14.5 Å². The van der Waals surface area contributed by atoms with E-state index in [-0.39, 0.29) is 35.8 Å². The summed E-state index contributed by atoms with van der Waals surface area (Å²) >= 11 is 0. The topological polar surface area (TPSA) is 104 Å². The summed E-state index contributed by atoms with van der Waals surface area (Å²) in [7, 11) is 1.52. The molecule has 1 saturated carbocycles. The summed E-state index contributed by atoms with van der Waals surface area (Å²) in [5.74, 6) is -4.49. The molecule has 6 atom stereocenters. The predicted octanol–water partition coefficient (Wildman–Crippen LogP) is 4.45. The number of hydrogen-bond acceptors (Lipinski definition) is 6. The maximum absolute atomic E-state index is 14.1. The van der Waals surface area contributed by atoms with Gasteiger partial charge in [0.15, 0.2) is 0 Å². The number of imide groups is 2. The highest BCUT2D eigenvalue weighted by molar-refractivity contribution is 6.24. The molecule has 8 heteroatoms. The van der Waals surface area contributed by atoms with Gasteiger partial charge in [-0.15, -0.1) is 0 Å². The van der Waals surface area contributed by atoms with Crippen LogP contribution in [0.15, 0.2) is 90.5 Å². The number of phenols is 1. The summed E-state index contributed by atoms with van der Waals surface area (Å²) in [5, 5.41) is 11.1. The molecule has 41 heavy (non-hydrogen) atoms. The van der Waals surface area contributed by atoms with Crippen LogP contribution in [0.25, 0.3) is 0 Å². The number of ether oxygens (including phenoxy) is 1. The van der Waals surface area contributed by atoms with Crippen molar-refractivity contribution in [2.45, 2.75) is 18.8 Å². The van der Waals surface area contributed by atoms with Gasteiger partial charge in [0.25, 0.3) is 0 Å². The quantitative estimate of drug-likeness (QED) is 0.382. The Balaban J connectivity index is 1.36. The minimum absolute atomic E-state index is 0.0172. The molecule has 2 saturated heterocycles. The molecule has 2 aliphatic carbocycles. The van der Waals surface area contributed by atoms with Crippen LogP contribution in [-0.2, 0) is 19.2 Å². The number of rotatable bonds is 4. The Kier molecular flexibility index (Phi) is 5.81. The molecule has 0 unspecified atom stereocenters. The second-order valence-corrected chi connectivity index (χ2v) is 11.1. The number of nitrogens with zero attached hydrogens (tertiary/aromatic N) is 2. The van der Waals surface area contributed by atoms with Gasteiger partial charge in [0, 0.05) is 11.5 Å². The summed E-state index contributed by atoms with van der Waals surface area (Å²) in [5.41, 5.74) is 2.31. The van der Waals surface area contributed by atoms with Gasteiger partial charge < -0.3 is 9.84 Å². The monoisotopic (exact) mass is 548 g/mol. The average Bonchev–Trinajstić information content (AvgIpc) is 3.41. The molecule has 206 valence electrons. The first-order valence-electron chi connectivity index (χ1n) is 13.8. The highest BCUT2D eigenvalue weighted by atomic mass is 16.5. The van der Waals surface area contributed by atoms with Gasteiger partial charge in [0.2, 0.25) is 23.6 Å². The fourth-order valence-electron chi connectivity index (χ4n) is 7.51. The van der Waals surface area contributed by atoms with Gasteiger partial charge in [-0.25, -0.2) is 0 Å². The van der Waals surface area contributed by atoms with Gasteiger partial charge >= 0.3 is 0 Å². The number of para-hydroxylation sites is 2. The van der Waals surface area contributed by atoms with Crippen molar-refractivity contribution < 1.29 is 29.0 Å². The number of hydrogen-bond donors (Lipinski definition) is 1. The van der Waals surface area contributed by atoms with Crippen LogP contribution in [-0.4, -0.2) is 35.8 Å². The Bertz CT molecular complexity index is 1620. The molecular weight excluding hydrogens is 520 g/mol. The number of carbonyl (C=O) groups is 4. The van der Waals surface area contributed by atoms with Gasteiger partial charge in [-0.1, -0.05) is 48.0 Å². The van der Waals surface area contributed by atoms with Crippen molar-refractivity contribution in [3.05, 3.63) is 96.1 Å². The number of aromatic hydroxyl groups is 1. The molecule has 0 aromatic heterocycles. The first-order valence-corrected chi connectivity index (χ1v) is 13.8. The lowest BCUT2D eigenvalue weighted by Gasteiger charge is -2.44. The van der Waals surface area contributed by atoms with Crippen LogP contribution in [0.4, 0.5) is 11.4 Å². The zero-order chi connectivity index (χ0) is 28.4. The summed E-state index contributed by atoms with van der Waals surface area (Å²) in [6.45, 7) is 0. The Morgan fingerprint density at radius 2 is 1.29 bits per heavy atom. The van der Waals surface area contributed by atoms with Gasteiger partial charge in [-0.2, -0.15) is 0 Å². The molecule has 0 spiro atoms. The molecule has 2 heterocycles. The Hall–Kier alpha value is -4.72. The predicted molar refractivity (Wildman–Crippen MR) is 150 cm³/mol. The zero-order valence-electron chi connectivity index (χ0n) is 22.3. The second kappa shape index (κ2) is 9.44. The van der Waals surface area contributed by atoms with Gasteiger partial charge in [0.1, 0.15) is 11.5 Å². The molecule has 4 aliphatic rings. The molecule has 3 aromatic rings. The largest absolute Gasteiger partial charge is 0.508 e. The molecule has 1 N–H and O–H groups in total. The van der Waals surface area contributed by atoms with E-state index in [1.807, 2.05) is 18.2 Å². The van der Waals surface area contributed by atoms with E-state index in [1.165, 1.54) is 23.0 Å². The third kappa shape index (κ3) is 3.66. The SMILES string of the molecule is COc1ccc(O)c([C@H]2C3=CC[C@@H]4C(=O)N(c5ccccc5)C(=O)[C@@H]4[C@@H]3C[C@H]3C(=O)N(c4ccccc4)C(=O)[C@@H]23)c1. The van der Waals surface area contributed by atoms with Gasteiger partial charge in [-0.3, -0.25) is 29.0 Å². The normalized spacial score (nSPS) is 28.8. The van der Waals surface area contributed by atoms with Crippen LogP contribution in [0.5, 0.6) is 11.5 Å². The smallest absolute Gasteiger partial charge is 0.238 e. The number of amides is 4. The van der Waals surface area contributed by atoms with Crippen molar-refractivity contribution in [2.75, 3.05) is 16.9 Å². The highest BCUT2D eigenvalue weighted by Gasteiger charge is 2.62. The molecular formula is C33H28N2O6. The maximum atomic E-state index is 14.1. The van der Waals surface area contributed by atoms with Crippen LogP contribution in [0.1, 0.15) is 24.3 Å². The third-order valence-electron chi connectivity index (χ3n) is 9.25. The van der Waals surface area contributed by atoms with E-state index in [9.17, 15) is 24.3 Å². The second-order valence-electron chi connectivity index (χ2n) is 11.1. The lowest BCUT2D eigenvalue weighted by Crippen LogP contribution is -2.43. The fourth-order valence-corrected chi connectivity index (χ4v) is 7.51. The first-order chi connectivity index (χ1) is 19.9. The van der Waals surface area contributed by atoms with Crippen molar-refractivity contribution in [1.82, 2.24) is 0 Å². The minimum atomic E-state index is -0.766. The van der Waals surface area contributed by atoms with Crippen LogP contribution in [0, 0.1) is 29.6 Å². The van der Waals surface area contributed by atoms with E-state index >= 15 is 0 Å². The molecule has 0 bridgehead atoms. The summed E-state index contributed by atoms with van der Waals surface area (Å²) in [4.78, 5) is 58.1. The summed E-state index contributed by atoms with van der Waals surface area (Å²) in [6.07, 6.45) is 2.58. The first kappa shape index (κ1) is 25.3. The molecule has 7 rings (SSSR count). The maximum Gasteiger partial charge on any atom is 0.238 e. The molecule has 4 amide bonds. The number of benzene rings is 3. The van der Waals surface area contributed by atoms with Crippen molar-refractivity contribution in [2.24, 2.45) is 29.6 Å². The van der Waals surface area contributed by atoms with Crippen molar-refractivity contribution >= 4 is 35.0 Å². The summed E-state index contributed by atoms with van der Waals surface area (Å²) in [6, 6.07) is 22.6. The van der Waals surface area contributed by atoms with E-state index in [0.717, 1.165) is 5.57 Å². The van der Waals surface area contributed by atoms with Gasteiger partial charge in [-0.05, 0) is 61.2 Å². The molecule has 2 aliphatic heterocycles. The Labute approximate surface area is 236 Å². The summed E-state index contributed by atoms with van der Waals surface area (Å²) < 4.78 is 5.45. The van der Waals surface area contributed by atoms with E-state index in [0.29, 0.717) is 29.1 Å². The Morgan fingerprint density at radius 3 is 1.90 bits per heavy atom. The fraction of sp³-hybridized carbons (Fsp3) is 0.273. The minimum Gasteiger partial charge on any atom is -0.508 e. The highest BCUT2D eigenvalue weighted by Crippen LogP contribution is 2.59. The van der Waals surface area contributed by atoms with Crippen LogP contribution >= 0.6 is 0 Å². The standard InChI is InChI=1S/C33H28N2O6/c1-41-20-12-15-26(36)24(16-20)27-21-13-14-22-28(32(39)34(30(22)37)18-8-4-2-5-9-18)23(21)17-25-29(27)33(40)35(31(25)38)19-10-6-3-7-11-19/h2-13,15-16,22-23,25,27-29,36H,14,17H2,1H3/t22-,23+,25+,27+,28-,29+/m0/s1. The number of methoxy groups -OCH3 is 1. The number of carbonyl (C=O) groups excluding carboxylic acids is 4. The van der Waals surface area contributed by atoms with E-state index in [1.54, 1.807) is 60.7 Å². The van der Waals surface area contributed by atoms with Crippen molar-refractivity contribution in [3.63, 3.8) is 0 Å². The van der Waals surface area contributed by atoms with Crippen molar-refractivity contribution in [3.8, 4) is 11.5 Å². The molecule has 3 fully saturated rings. The Morgan fingerprint density at radius 1 is 0.707 bits per heavy atom. The molecule has 3 aromatic carbocycles. The average molecular weight is 549 g/mol. The van der Waals surface area contributed by atoms with Gasteiger partial charge in [0.05, 0.1) is 42.2 Å². The number of fused-ring (bicyclic) bond motifs is 4. The number of phenolic OH excluding ortho intramolecular Hbond substituents is 1. The van der Waals surface area contributed by atoms with Crippen LogP contribution in [0.3, 0.4) is 0 Å². The van der Waals surface area contributed by atoms with Crippen molar-refractivity contribution in [1.29, 1.82) is 0 Å². The molecule has 8 nitrogen and oxygen atoms in total. The number of allylic oxidation sites excluding steroid dienone is 2. The zero-order valence-corrected chi connectivity index (χ0v) is 22.3. The van der Waals surface area contributed by atoms with E-state index < -0.39 is 35.5 Å². The molecule has 0 radical (unpaired) electrons. The number of anilines is 2. The van der Waals surface area contributed by atoms with Crippen LogP contribution in [0.2, 0.25) is 0 Å². The lowest BCUT2D eigenvalue weighted by atomic mass is 9.57. The third-order valence-corrected chi connectivity index (χ3v) is 9.25.